The first-order valence-corrected chi connectivity index (χ1v) is 5.78. The summed E-state index contributed by atoms with van der Waals surface area (Å²) in [4.78, 5) is 22.9. The molecule has 1 aromatic carbocycles. The van der Waals surface area contributed by atoms with Gasteiger partial charge in [0.05, 0.1) is 6.42 Å². The monoisotopic (exact) mass is 216 g/mol. The molecule has 1 unspecified atom stereocenters. The second-order valence-electron chi connectivity index (χ2n) is 4.49. The molecule has 0 saturated carbocycles. The third-order valence-corrected chi connectivity index (χ3v) is 3.18. The van der Waals surface area contributed by atoms with Crippen LogP contribution in [0, 0.1) is 0 Å². The van der Waals surface area contributed by atoms with E-state index in [0.717, 1.165) is 24.8 Å². The van der Waals surface area contributed by atoms with Crippen LogP contribution in [-0.4, -0.2) is 11.6 Å². The third-order valence-electron chi connectivity index (χ3n) is 3.18. The highest BCUT2D eigenvalue weighted by atomic mass is 16.1. The maximum atomic E-state index is 12.0. The van der Waals surface area contributed by atoms with Gasteiger partial charge in [0.25, 0.3) is 0 Å². The van der Waals surface area contributed by atoms with E-state index in [1.54, 1.807) is 0 Å². The molecular formula is C14H16O2. The molecule has 0 N–H and O–H groups in total. The van der Waals surface area contributed by atoms with Crippen molar-refractivity contribution in [3.05, 3.63) is 35.4 Å². The van der Waals surface area contributed by atoms with Crippen LogP contribution in [0.2, 0.25) is 0 Å². The molecule has 1 atom stereocenters. The van der Waals surface area contributed by atoms with E-state index in [-0.39, 0.29) is 23.9 Å². The smallest absolute Gasteiger partial charge is 0.147 e. The van der Waals surface area contributed by atoms with Crippen molar-refractivity contribution >= 4 is 11.6 Å². The molecule has 16 heavy (non-hydrogen) atoms. The molecule has 1 aliphatic carbocycles. The van der Waals surface area contributed by atoms with E-state index in [1.165, 1.54) is 12.5 Å². The predicted octanol–water partition coefficient (Wildman–Crippen LogP) is 2.65. The minimum atomic E-state index is -0.0474. The van der Waals surface area contributed by atoms with Crippen molar-refractivity contribution in [2.75, 3.05) is 0 Å². The number of benzene rings is 1. The molecule has 0 amide bonds. The van der Waals surface area contributed by atoms with Gasteiger partial charge in [-0.05, 0) is 37.3 Å². The molecule has 1 aromatic rings. The summed E-state index contributed by atoms with van der Waals surface area (Å²) in [7, 11) is 0. The molecule has 2 heteroatoms. The number of carbonyl (C=O) groups excluding carboxylic acids is 2. The summed E-state index contributed by atoms with van der Waals surface area (Å²) in [6.45, 7) is 1.48. The van der Waals surface area contributed by atoms with E-state index in [1.807, 2.05) is 18.2 Å². The van der Waals surface area contributed by atoms with Gasteiger partial charge in [0.1, 0.15) is 11.6 Å². The Labute approximate surface area is 95.7 Å². The molecule has 0 heterocycles. The summed E-state index contributed by atoms with van der Waals surface area (Å²) in [6, 6.07) is 8.09. The van der Waals surface area contributed by atoms with Crippen molar-refractivity contribution in [1.29, 1.82) is 0 Å². The summed E-state index contributed by atoms with van der Waals surface area (Å²) in [5.41, 5.74) is 2.41. The van der Waals surface area contributed by atoms with Crippen LogP contribution >= 0.6 is 0 Å². The summed E-state index contributed by atoms with van der Waals surface area (Å²) >= 11 is 0. The highest BCUT2D eigenvalue weighted by molar-refractivity contribution is 6.01. The van der Waals surface area contributed by atoms with Gasteiger partial charge >= 0.3 is 0 Å². The zero-order valence-corrected chi connectivity index (χ0v) is 9.53. The van der Waals surface area contributed by atoms with Gasteiger partial charge in [0.15, 0.2) is 0 Å². The summed E-state index contributed by atoms with van der Waals surface area (Å²) in [5.74, 6) is 0.00144. The second kappa shape index (κ2) is 4.60. The number of fused-ring (bicyclic) bond motifs is 1. The van der Waals surface area contributed by atoms with Crippen LogP contribution in [0.25, 0.3) is 0 Å². The van der Waals surface area contributed by atoms with Gasteiger partial charge in [-0.3, -0.25) is 9.59 Å². The van der Waals surface area contributed by atoms with E-state index < -0.39 is 0 Å². The minimum absolute atomic E-state index is 0.0342. The first kappa shape index (κ1) is 11.1. The number of hydrogen-bond acceptors (Lipinski definition) is 2. The Morgan fingerprint density at radius 3 is 2.81 bits per heavy atom. The van der Waals surface area contributed by atoms with Gasteiger partial charge in [-0.1, -0.05) is 24.3 Å². The first-order valence-electron chi connectivity index (χ1n) is 5.78. The minimum Gasteiger partial charge on any atom is -0.300 e. The van der Waals surface area contributed by atoms with Crippen LogP contribution in [-0.2, 0) is 16.0 Å². The average Bonchev–Trinajstić information content (AvgIpc) is 2.27. The van der Waals surface area contributed by atoms with Gasteiger partial charge in [-0.15, -0.1) is 0 Å². The standard InChI is InChI=1S/C14H16O2/c1-10(15)9-14(16)13-8-4-6-11-5-2-3-7-12(11)13/h2-3,5,7,13H,4,6,8-9H2,1H3. The van der Waals surface area contributed by atoms with Crippen molar-refractivity contribution in [2.45, 2.75) is 38.5 Å². The SMILES string of the molecule is CC(=O)CC(=O)C1CCCc2ccccc21. The number of ketones is 2. The molecular weight excluding hydrogens is 200 g/mol. The Morgan fingerprint density at radius 2 is 2.06 bits per heavy atom. The van der Waals surface area contributed by atoms with Gasteiger partial charge in [0.2, 0.25) is 0 Å². The maximum absolute atomic E-state index is 12.0. The zero-order chi connectivity index (χ0) is 11.5. The van der Waals surface area contributed by atoms with Crippen LogP contribution in [0.3, 0.4) is 0 Å². The maximum Gasteiger partial charge on any atom is 0.147 e. The van der Waals surface area contributed by atoms with E-state index in [9.17, 15) is 9.59 Å². The van der Waals surface area contributed by atoms with Crippen LogP contribution in [0.4, 0.5) is 0 Å². The first-order chi connectivity index (χ1) is 7.68. The molecule has 2 rings (SSSR count). The van der Waals surface area contributed by atoms with Gasteiger partial charge in [-0.25, -0.2) is 0 Å². The normalized spacial score (nSPS) is 18.9. The van der Waals surface area contributed by atoms with E-state index in [0.29, 0.717) is 0 Å². The van der Waals surface area contributed by atoms with Crippen LogP contribution in [0.5, 0.6) is 0 Å². The van der Waals surface area contributed by atoms with E-state index >= 15 is 0 Å². The Morgan fingerprint density at radius 1 is 1.31 bits per heavy atom. The lowest BCUT2D eigenvalue weighted by molar-refractivity contribution is -0.127. The number of Topliss-reactive ketones (excluding diaryl/α,β-unsaturated/α-hetero) is 2. The third kappa shape index (κ3) is 2.21. The lowest BCUT2D eigenvalue weighted by Gasteiger charge is -2.24. The number of carbonyl (C=O) groups is 2. The molecule has 0 saturated heterocycles. The predicted molar refractivity (Wildman–Crippen MR) is 62.4 cm³/mol. The molecule has 0 fully saturated rings. The van der Waals surface area contributed by atoms with Crippen molar-refractivity contribution in [1.82, 2.24) is 0 Å². The Balaban J connectivity index is 2.24. The quantitative estimate of drug-likeness (QED) is 0.728. The van der Waals surface area contributed by atoms with Gasteiger partial charge < -0.3 is 0 Å². The van der Waals surface area contributed by atoms with Crippen LogP contribution in [0.15, 0.2) is 24.3 Å². The van der Waals surface area contributed by atoms with Gasteiger partial charge in [0, 0.05) is 5.92 Å². The fourth-order valence-electron chi connectivity index (χ4n) is 2.46. The number of rotatable bonds is 3. The molecule has 84 valence electrons. The van der Waals surface area contributed by atoms with Crippen molar-refractivity contribution in [2.24, 2.45) is 0 Å². The Bertz CT molecular complexity index is 420. The lowest BCUT2D eigenvalue weighted by Crippen LogP contribution is -2.20. The van der Waals surface area contributed by atoms with E-state index in [2.05, 4.69) is 6.07 Å². The van der Waals surface area contributed by atoms with Crippen LogP contribution < -0.4 is 0 Å². The molecule has 0 spiro atoms. The summed E-state index contributed by atoms with van der Waals surface area (Å²) in [5, 5.41) is 0. The molecule has 1 aliphatic rings. The molecule has 0 aliphatic heterocycles. The topological polar surface area (TPSA) is 34.1 Å². The van der Waals surface area contributed by atoms with Gasteiger partial charge in [-0.2, -0.15) is 0 Å². The summed E-state index contributed by atoms with van der Waals surface area (Å²) < 4.78 is 0. The lowest BCUT2D eigenvalue weighted by atomic mass is 9.79. The molecule has 0 aromatic heterocycles. The fraction of sp³-hybridized carbons (Fsp3) is 0.429. The van der Waals surface area contributed by atoms with Crippen molar-refractivity contribution in [3.8, 4) is 0 Å². The molecule has 0 radical (unpaired) electrons. The fourth-order valence-corrected chi connectivity index (χ4v) is 2.46. The Kier molecular flexibility index (Phi) is 3.18. The molecule has 2 nitrogen and oxygen atoms in total. The van der Waals surface area contributed by atoms with Crippen molar-refractivity contribution in [3.63, 3.8) is 0 Å². The highest BCUT2D eigenvalue weighted by Gasteiger charge is 2.26. The zero-order valence-electron chi connectivity index (χ0n) is 9.53. The highest BCUT2D eigenvalue weighted by Crippen LogP contribution is 2.32. The molecule has 0 bridgehead atoms. The summed E-state index contributed by atoms with van der Waals surface area (Å²) in [6.07, 6.45) is 3.08. The number of aryl methyl sites for hydroxylation is 1. The largest absolute Gasteiger partial charge is 0.300 e. The average molecular weight is 216 g/mol. The Hall–Kier alpha value is -1.44. The van der Waals surface area contributed by atoms with Crippen molar-refractivity contribution < 1.29 is 9.59 Å². The van der Waals surface area contributed by atoms with Crippen LogP contribution in [0.1, 0.15) is 43.2 Å². The van der Waals surface area contributed by atoms with E-state index in [4.69, 9.17) is 0 Å². The second-order valence-corrected chi connectivity index (χ2v) is 4.49. The number of hydrogen-bond donors (Lipinski definition) is 0.